The molecule has 0 bridgehead atoms. The number of fused-ring (bicyclic) bond motifs is 7. The van der Waals surface area contributed by atoms with E-state index in [9.17, 15) is 5.11 Å². The van der Waals surface area contributed by atoms with Crippen LogP contribution in [0.3, 0.4) is 0 Å². The average Bonchev–Trinajstić information content (AvgIpc) is 3.96. The average molecular weight is 950 g/mol. The number of aromatic hydroxyl groups is 1. The summed E-state index contributed by atoms with van der Waals surface area (Å²) in [6, 6.07) is 64.9. The van der Waals surface area contributed by atoms with E-state index in [1.54, 1.807) is 0 Å². The molecule has 0 saturated carbocycles. The van der Waals surface area contributed by atoms with Crippen LogP contribution in [0.15, 0.2) is 193 Å². The highest BCUT2D eigenvalue weighted by Crippen LogP contribution is 2.48. The Balaban J connectivity index is 1.19. The topological polar surface area (TPSA) is 64.1 Å². The first kappa shape index (κ1) is 45.8. The highest BCUT2D eigenvalue weighted by Gasteiger charge is 2.30. The molecule has 1 N–H and O–H groups in total. The number of hydrogen-bond acceptors (Lipinski definition) is 4. The third-order valence-electron chi connectivity index (χ3n) is 14.8. The van der Waals surface area contributed by atoms with Gasteiger partial charge in [0.2, 0.25) is 0 Å². The molecule has 0 unspecified atom stereocenters. The Morgan fingerprint density at radius 2 is 1.15 bits per heavy atom. The van der Waals surface area contributed by atoms with Gasteiger partial charge in [0, 0.05) is 39.2 Å². The molecule has 3 heterocycles. The number of phenolic OH excluding ortho intramolecular Hbond substituents is 1. The molecule has 73 heavy (non-hydrogen) atoms. The smallest absolute Gasteiger partial charge is 0.149 e. The number of nitrogens with zero attached hydrogens (tertiary/aromatic N) is 3. The van der Waals surface area contributed by atoms with Crippen LogP contribution in [-0.4, -0.2) is 19.6 Å². The van der Waals surface area contributed by atoms with Gasteiger partial charge in [0.25, 0.3) is 0 Å². The SMILES string of the molecule is CC(C)(C)c1ccc(-n2c(-c3cc(C(C)(C)C)cc(C(C)(C)C)c3O)nc3c(-c4cc(-c5cc(-c6ccccc6)ccn5)c5oc6cc7c(ccc8ccccc87)cc6c5c4)cccc32)c(-c2ccccc2)c1. The molecule has 0 spiro atoms. The number of pyridine rings is 1. The molecule has 12 aromatic rings. The van der Waals surface area contributed by atoms with Gasteiger partial charge in [-0.3, -0.25) is 9.55 Å². The van der Waals surface area contributed by atoms with Crippen LogP contribution in [0.25, 0.3) is 116 Å². The zero-order valence-corrected chi connectivity index (χ0v) is 43.1. The Hall–Kier alpha value is -8.28. The van der Waals surface area contributed by atoms with Crippen LogP contribution in [0.5, 0.6) is 5.75 Å². The van der Waals surface area contributed by atoms with Gasteiger partial charge in [0.1, 0.15) is 22.7 Å². The molecule has 12 rings (SSSR count). The lowest BCUT2D eigenvalue weighted by Gasteiger charge is -2.28. The van der Waals surface area contributed by atoms with Crippen molar-refractivity contribution >= 4 is 54.5 Å². The fourth-order valence-electron chi connectivity index (χ4n) is 10.7. The molecule has 0 amide bonds. The molecular weight excluding hydrogens is 891 g/mol. The zero-order chi connectivity index (χ0) is 50.6. The zero-order valence-electron chi connectivity index (χ0n) is 43.1. The van der Waals surface area contributed by atoms with Gasteiger partial charge >= 0.3 is 0 Å². The highest BCUT2D eigenvalue weighted by molar-refractivity contribution is 6.18. The first-order valence-electron chi connectivity index (χ1n) is 25.4. The Morgan fingerprint density at radius 3 is 1.89 bits per heavy atom. The molecule has 358 valence electrons. The number of para-hydroxylation sites is 1. The standard InChI is InChI=1S/C68H59N3O2/c1-66(2,3)47-29-30-59(52(37-47)42-21-14-11-15-22-42)71-60-26-18-25-50(62(60)70-65(71)56-38-48(67(4,5)6)39-57(63(56)72)68(7,8)9)46-34-54-53-33-45-28-27-43-23-16-17-24-49(43)51(45)40-61(53)73-64(54)55(35-46)58-36-44(31-32-69-58)41-19-12-10-13-20-41/h10-40,72H,1-9H3. The lowest BCUT2D eigenvalue weighted by Crippen LogP contribution is -2.17. The molecule has 0 aliphatic rings. The number of imidazole rings is 1. The normalized spacial score (nSPS) is 12.5. The third kappa shape index (κ3) is 7.95. The van der Waals surface area contributed by atoms with E-state index in [1.807, 2.05) is 12.3 Å². The lowest BCUT2D eigenvalue weighted by molar-refractivity contribution is 0.446. The molecule has 0 aliphatic carbocycles. The summed E-state index contributed by atoms with van der Waals surface area (Å²) < 4.78 is 9.34. The van der Waals surface area contributed by atoms with Crippen molar-refractivity contribution < 1.29 is 9.52 Å². The molecule has 9 aromatic carbocycles. The first-order chi connectivity index (χ1) is 35.0. The van der Waals surface area contributed by atoms with Gasteiger partial charge in [0.05, 0.1) is 28.0 Å². The van der Waals surface area contributed by atoms with E-state index in [2.05, 4.69) is 243 Å². The second-order valence-corrected chi connectivity index (χ2v) is 22.9. The van der Waals surface area contributed by atoms with Gasteiger partial charge in [-0.2, -0.15) is 0 Å². The predicted molar refractivity (Wildman–Crippen MR) is 306 cm³/mol. The monoisotopic (exact) mass is 949 g/mol. The Morgan fingerprint density at radius 1 is 0.452 bits per heavy atom. The van der Waals surface area contributed by atoms with E-state index < -0.39 is 0 Å². The molecule has 0 aliphatic heterocycles. The largest absolute Gasteiger partial charge is 0.507 e. The van der Waals surface area contributed by atoms with Crippen molar-refractivity contribution in [3.05, 3.63) is 205 Å². The van der Waals surface area contributed by atoms with Crippen molar-refractivity contribution in [2.45, 2.75) is 78.6 Å². The molecule has 0 radical (unpaired) electrons. The Bertz CT molecular complexity index is 4140. The summed E-state index contributed by atoms with van der Waals surface area (Å²) >= 11 is 0. The Labute approximate surface area is 427 Å². The summed E-state index contributed by atoms with van der Waals surface area (Å²) in [6.07, 6.45) is 1.90. The summed E-state index contributed by atoms with van der Waals surface area (Å²) in [5.74, 6) is 0.910. The van der Waals surface area contributed by atoms with E-state index in [0.717, 1.165) is 105 Å². The van der Waals surface area contributed by atoms with Gasteiger partial charge in [0.15, 0.2) is 0 Å². The summed E-state index contributed by atoms with van der Waals surface area (Å²) in [4.78, 5) is 10.8. The number of aromatic nitrogens is 3. The van der Waals surface area contributed by atoms with Crippen LogP contribution in [0.2, 0.25) is 0 Å². The van der Waals surface area contributed by atoms with E-state index in [4.69, 9.17) is 14.4 Å². The van der Waals surface area contributed by atoms with Gasteiger partial charge in [-0.25, -0.2) is 4.98 Å². The van der Waals surface area contributed by atoms with Crippen molar-refractivity contribution in [1.82, 2.24) is 14.5 Å². The highest BCUT2D eigenvalue weighted by atomic mass is 16.3. The fraction of sp³-hybridized carbons (Fsp3) is 0.176. The predicted octanol–water partition coefficient (Wildman–Crippen LogP) is 18.6. The molecule has 3 aromatic heterocycles. The molecular formula is C68H59N3O2. The summed E-state index contributed by atoms with van der Waals surface area (Å²) in [5, 5.41) is 19.4. The molecule has 0 atom stereocenters. The van der Waals surface area contributed by atoms with Gasteiger partial charge in [-0.05, 0) is 132 Å². The van der Waals surface area contributed by atoms with E-state index in [-0.39, 0.29) is 22.0 Å². The van der Waals surface area contributed by atoms with Crippen molar-refractivity contribution in [3.8, 4) is 67.5 Å². The quantitative estimate of drug-likeness (QED) is 0.169. The lowest BCUT2D eigenvalue weighted by atomic mass is 9.79. The summed E-state index contributed by atoms with van der Waals surface area (Å²) in [6.45, 7) is 20.0. The number of rotatable bonds is 6. The van der Waals surface area contributed by atoms with Gasteiger partial charge < -0.3 is 9.52 Å². The van der Waals surface area contributed by atoms with E-state index in [1.165, 1.54) is 16.3 Å². The molecule has 5 heteroatoms. The molecule has 0 saturated heterocycles. The first-order valence-corrected chi connectivity index (χ1v) is 25.4. The Kier molecular flexibility index (Phi) is 10.6. The van der Waals surface area contributed by atoms with Gasteiger partial charge in [-0.15, -0.1) is 0 Å². The number of phenols is 1. The van der Waals surface area contributed by atoms with Crippen molar-refractivity contribution in [3.63, 3.8) is 0 Å². The summed E-state index contributed by atoms with van der Waals surface area (Å²) in [5.41, 5.74) is 15.6. The summed E-state index contributed by atoms with van der Waals surface area (Å²) in [7, 11) is 0. The van der Waals surface area contributed by atoms with Crippen LogP contribution in [-0.2, 0) is 16.2 Å². The third-order valence-corrected chi connectivity index (χ3v) is 14.8. The van der Waals surface area contributed by atoms with Gasteiger partial charge in [-0.1, -0.05) is 184 Å². The second-order valence-electron chi connectivity index (χ2n) is 22.9. The second kappa shape index (κ2) is 16.9. The molecule has 5 nitrogen and oxygen atoms in total. The number of hydrogen-bond donors (Lipinski definition) is 1. The minimum Gasteiger partial charge on any atom is -0.507 e. The van der Waals surface area contributed by atoms with Crippen LogP contribution in [0, 0.1) is 0 Å². The maximum Gasteiger partial charge on any atom is 0.149 e. The fourth-order valence-corrected chi connectivity index (χ4v) is 10.7. The van der Waals surface area contributed by atoms with Crippen LogP contribution in [0.4, 0.5) is 0 Å². The van der Waals surface area contributed by atoms with E-state index in [0.29, 0.717) is 11.4 Å². The molecule has 0 fully saturated rings. The van der Waals surface area contributed by atoms with Crippen molar-refractivity contribution in [2.75, 3.05) is 0 Å². The maximum atomic E-state index is 12.7. The maximum absolute atomic E-state index is 12.7. The minimum absolute atomic E-state index is 0.0981. The van der Waals surface area contributed by atoms with Crippen LogP contribution in [0.1, 0.15) is 79.0 Å². The number of benzene rings is 9. The van der Waals surface area contributed by atoms with Crippen LogP contribution >= 0.6 is 0 Å². The minimum atomic E-state index is -0.352. The van der Waals surface area contributed by atoms with Crippen molar-refractivity contribution in [1.29, 1.82) is 0 Å². The van der Waals surface area contributed by atoms with Crippen LogP contribution < -0.4 is 0 Å². The van der Waals surface area contributed by atoms with E-state index >= 15 is 0 Å². The number of furan rings is 1. The van der Waals surface area contributed by atoms with Crippen molar-refractivity contribution in [2.24, 2.45) is 0 Å².